The maximum absolute atomic E-state index is 2.64. The molecule has 4 aliphatic carbocycles. The van der Waals surface area contributed by atoms with Crippen molar-refractivity contribution in [3.8, 4) is 0 Å². The molecule has 0 radical (unpaired) electrons. The van der Waals surface area contributed by atoms with Crippen molar-refractivity contribution >= 4 is 0 Å². The number of rotatable bonds is 2. The number of fused-ring (bicyclic) bond motifs is 2. The molecule has 27 heavy (non-hydrogen) atoms. The third-order valence-corrected chi connectivity index (χ3v) is 11.4. The lowest BCUT2D eigenvalue weighted by Gasteiger charge is -2.43. The van der Waals surface area contributed by atoms with E-state index in [0.29, 0.717) is 0 Å². The molecule has 0 nitrogen and oxygen atoms in total. The van der Waals surface area contributed by atoms with E-state index in [2.05, 4.69) is 55.4 Å². The fourth-order valence-electron chi connectivity index (χ4n) is 9.73. The first kappa shape index (κ1) is 20.3. The average Bonchev–Trinajstić information content (AvgIpc) is 3.04. The van der Waals surface area contributed by atoms with Crippen LogP contribution in [0.15, 0.2) is 0 Å². The summed E-state index contributed by atoms with van der Waals surface area (Å²) in [5.74, 6) is 13.8. The van der Waals surface area contributed by atoms with Gasteiger partial charge in [0, 0.05) is 0 Å². The van der Waals surface area contributed by atoms with Gasteiger partial charge in [0.05, 0.1) is 0 Å². The second kappa shape index (κ2) is 7.36. The van der Waals surface area contributed by atoms with Crippen LogP contribution >= 0.6 is 0 Å². The summed E-state index contributed by atoms with van der Waals surface area (Å²) in [7, 11) is 0. The Morgan fingerprint density at radius 1 is 0.407 bits per heavy atom. The molecule has 0 aromatic rings. The zero-order chi connectivity index (χ0) is 19.6. The molecule has 0 heteroatoms. The molecule has 0 aromatic carbocycles. The monoisotopic (exact) mass is 372 g/mol. The van der Waals surface area contributed by atoms with Crippen LogP contribution in [0.2, 0.25) is 0 Å². The molecule has 0 heterocycles. The molecule has 0 aliphatic heterocycles. The summed E-state index contributed by atoms with van der Waals surface area (Å²) in [6, 6.07) is 0. The van der Waals surface area contributed by atoms with Crippen LogP contribution in [-0.2, 0) is 0 Å². The summed E-state index contributed by atoms with van der Waals surface area (Å²) in [5, 5.41) is 0. The van der Waals surface area contributed by atoms with Crippen LogP contribution in [-0.4, -0.2) is 0 Å². The standard InChI is InChI=1S/C27H48/c1-14-9-11-16(3)26-22(18(5)20(7)24(14)26)13-23-19(6)21(8)25-15(2)10-12-17(4)27(23)25/h14-27H,9-13H2,1-8H3. The molecular weight excluding hydrogens is 324 g/mol. The van der Waals surface area contributed by atoms with Crippen molar-refractivity contribution in [1.29, 1.82) is 0 Å². The van der Waals surface area contributed by atoms with Gasteiger partial charge in [-0.3, -0.25) is 0 Å². The van der Waals surface area contributed by atoms with E-state index >= 15 is 0 Å². The maximum Gasteiger partial charge on any atom is -0.0324 e. The van der Waals surface area contributed by atoms with Crippen molar-refractivity contribution in [3.05, 3.63) is 0 Å². The van der Waals surface area contributed by atoms with E-state index in [0.717, 1.165) is 82.9 Å². The minimum absolute atomic E-state index is 0.945. The Hall–Kier alpha value is 0. The van der Waals surface area contributed by atoms with Crippen LogP contribution in [0.5, 0.6) is 0 Å². The summed E-state index contributed by atoms with van der Waals surface area (Å²) >= 11 is 0. The van der Waals surface area contributed by atoms with E-state index in [1.54, 1.807) is 6.42 Å². The van der Waals surface area contributed by atoms with Crippen molar-refractivity contribution in [2.75, 3.05) is 0 Å². The summed E-state index contributed by atoms with van der Waals surface area (Å²) in [6.45, 7) is 20.9. The average molecular weight is 373 g/mol. The van der Waals surface area contributed by atoms with Gasteiger partial charge in [0.25, 0.3) is 0 Å². The molecule has 4 saturated carbocycles. The van der Waals surface area contributed by atoms with Gasteiger partial charge in [0.2, 0.25) is 0 Å². The highest BCUT2D eigenvalue weighted by molar-refractivity contribution is 5.04. The molecule has 156 valence electrons. The maximum atomic E-state index is 2.64. The zero-order valence-corrected chi connectivity index (χ0v) is 19.6. The van der Waals surface area contributed by atoms with Crippen LogP contribution < -0.4 is 0 Å². The highest BCUT2D eigenvalue weighted by Crippen LogP contribution is 2.62. The first-order valence-corrected chi connectivity index (χ1v) is 12.7. The lowest BCUT2D eigenvalue weighted by molar-refractivity contribution is 0.0538. The predicted octanol–water partition coefficient (Wildman–Crippen LogP) is 7.78. The molecule has 0 saturated heterocycles. The molecule has 4 aliphatic rings. The third-order valence-electron chi connectivity index (χ3n) is 11.4. The lowest BCUT2D eigenvalue weighted by Crippen LogP contribution is -2.36. The molecule has 14 atom stereocenters. The molecule has 0 amide bonds. The van der Waals surface area contributed by atoms with Crippen LogP contribution in [0, 0.1) is 82.9 Å². The van der Waals surface area contributed by atoms with Gasteiger partial charge >= 0.3 is 0 Å². The molecule has 0 bridgehead atoms. The Kier molecular flexibility index (Phi) is 5.53. The van der Waals surface area contributed by atoms with Crippen LogP contribution in [0.3, 0.4) is 0 Å². The normalized spacial score (nSPS) is 60.9. The highest BCUT2D eigenvalue weighted by atomic mass is 14.6. The first-order chi connectivity index (χ1) is 12.7. The Balaban J connectivity index is 1.60. The Labute approximate surface area is 170 Å². The quantitative estimate of drug-likeness (QED) is 0.464. The van der Waals surface area contributed by atoms with Crippen molar-refractivity contribution < 1.29 is 0 Å². The molecular formula is C27H48. The number of hydrogen-bond donors (Lipinski definition) is 0. The van der Waals surface area contributed by atoms with Crippen LogP contribution in [0.1, 0.15) is 87.5 Å². The SMILES string of the molecule is CC1CCC(C)C2C(CC3C(C)C(C)C4C(C)CCC(C)C34)C(C)C(C)C12. The van der Waals surface area contributed by atoms with Gasteiger partial charge in [-0.25, -0.2) is 0 Å². The van der Waals surface area contributed by atoms with Crippen molar-refractivity contribution in [2.45, 2.75) is 87.5 Å². The van der Waals surface area contributed by atoms with E-state index < -0.39 is 0 Å². The van der Waals surface area contributed by atoms with E-state index in [1.165, 1.54) is 25.7 Å². The fraction of sp³-hybridized carbons (Fsp3) is 1.00. The van der Waals surface area contributed by atoms with Crippen LogP contribution in [0.25, 0.3) is 0 Å². The van der Waals surface area contributed by atoms with Crippen molar-refractivity contribution in [3.63, 3.8) is 0 Å². The van der Waals surface area contributed by atoms with E-state index in [9.17, 15) is 0 Å². The summed E-state index contributed by atoms with van der Waals surface area (Å²) in [5.41, 5.74) is 0. The predicted molar refractivity (Wildman–Crippen MR) is 117 cm³/mol. The largest absolute Gasteiger partial charge is 0.0622 e. The molecule has 0 N–H and O–H groups in total. The van der Waals surface area contributed by atoms with E-state index in [4.69, 9.17) is 0 Å². The minimum Gasteiger partial charge on any atom is -0.0622 e. The summed E-state index contributed by atoms with van der Waals surface area (Å²) in [4.78, 5) is 0. The Bertz CT molecular complexity index is 476. The second-order valence-electron chi connectivity index (χ2n) is 12.4. The zero-order valence-electron chi connectivity index (χ0n) is 19.6. The second-order valence-corrected chi connectivity index (χ2v) is 12.4. The lowest BCUT2D eigenvalue weighted by atomic mass is 9.62. The fourth-order valence-corrected chi connectivity index (χ4v) is 9.73. The summed E-state index contributed by atoms with van der Waals surface area (Å²) < 4.78 is 0. The van der Waals surface area contributed by atoms with Gasteiger partial charge in [-0.05, 0) is 89.3 Å². The van der Waals surface area contributed by atoms with Crippen molar-refractivity contribution in [1.82, 2.24) is 0 Å². The molecule has 4 rings (SSSR count). The van der Waals surface area contributed by atoms with Gasteiger partial charge in [0.15, 0.2) is 0 Å². The Morgan fingerprint density at radius 3 is 1.04 bits per heavy atom. The van der Waals surface area contributed by atoms with Crippen LogP contribution in [0.4, 0.5) is 0 Å². The molecule has 0 aromatic heterocycles. The Morgan fingerprint density at radius 2 is 0.704 bits per heavy atom. The topological polar surface area (TPSA) is 0 Å². The molecule has 4 fully saturated rings. The highest BCUT2D eigenvalue weighted by Gasteiger charge is 2.56. The smallest absolute Gasteiger partial charge is 0.0324 e. The van der Waals surface area contributed by atoms with Gasteiger partial charge in [-0.2, -0.15) is 0 Å². The van der Waals surface area contributed by atoms with Crippen molar-refractivity contribution in [2.24, 2.45) is 82.9 Å². The van der Waals surface area contributed by atoms with E-state index in [1.807, 2.05) is 0 Å². The minimum atomic E-state index is 0.945. The van der Waals surface area contributed by atoms with Gasteiger partial charge < -0.3 is 0 Å². The molecule has 0 spiro atoms. The third kappa shape index (κ3) is 3.06. The van der Waals surface area contributed by atoms with E-state index in [-0.39, 0.29) is 0 Å². The first-order valence-electron chi connectivity index (χ1n) is 12.7. The number of hydrogen-bond acceptors (Lipinski definition) is 0. The van der Waals surface area contributed by atoms with Gasteiger partial charge in [0.1, 0.15) is 0 Å². The van der Waals surface area contributed by atoms with Gasteiger partial charge in [-0.15, -0.1) is 0 Å². The van der Waals surface area contributed by atoms with Gasteiger partial charge in [-0.1, -0.05) is 81.1 Å². The molecule has 14 unspecified atom stereocenters. The summed E-state index contributed by atoms with van der Waals surface area (Å²) in [6.07, 6.45) is 7.53.